The van der Waals surface area contributed by atoms with Crippen LogP contribution in [-0.4, -0.2) is 81.0 Å². The molecule has 186 valence electrons. The number of piperazine rings is 1. The van der Waals surface area contributed by atoms with E-state index in [1.807, 2.05) is 23.1 Å². The van der Waals surface area contributed by atoms with Gasteiger partial charge in [0, 0.05) is 43.9 Å². The van der Waals surface area contributed by atoms with Gasteiger partial charge in [0.1, 0.15) is 11.5 Å². The van der Waals surface area contributed by atoms with Crippen LogP contribution in [0.3, 0.4) is 0 Å². The molecule has 1 aliphatic carbocycles. The largest absolute Gasteiger partial charge is 0.367 e. The van der Waals surface area contributed by atoms with Crippen LogP contribution in [-0.2, 0) is 4.79 Å². The number of amides is 4. The van der Waals surface area contributed by atoms with Gasteiger partial charge in [0.25, 0.3) is 11.8 Å². The van der Waals surface area contributed by atoms with Crippen LogP contribution in [0.2, 0.25) is 0 Å². The molecule has 4 amide bonds. The monoisotopic (exact) mass is 506 g/mol. The van der Waals surface area contributed by atoms with E-state index in [4.69, 9.17) is 4.98 Å². The minimum atomic E-state index is -0.556. The van der Waals surface area contributed by atoms with Gasteiger partial charge in [0.2, 0.25) is 0 Å². The van der Waals surface area contributed by atoms with E-state index in [1.54, 1.807) is 16.8 Å². The van der Waals surface area contributed by atoms with E-state index in [9.17, 15) is 14.4 Å². The van der Waals surface area contributed by atoms with Gasteiger partial charge >= 0.3 is 6.03 Å². The van der Waals surface area contributed by atoms with Crippen molar-refractivity contribution in [1.82, 2.24) is 35.0 Å². The highest BCUT2D eigenvalue weighted by Gasteiger charge is 2.26. The average Bonchev–Trinajstić information content (AvgIpc) is 3.26. The van der Waals surface area contributed by atoms with Crippen molar-refractivity contribution in [2.45, 2.75) is 25.8 Å². The zero-order chi connectivity index (χ0) is 24.8. The number of carbonyl (C=O) groups excluding carboxylic acids is 3. The molecule has 12 heteroatoms. The van der Waals surface area contributed by atoms with Crippen LogP contribution in [0, 0.1) is 0 Å². The Kier molecular flexibility index (Phi) is 5.69. The van der Waals surface area contributed by atoms with Crippen molar-refractivity contribution in [1.29, 1.82) is 0 Å². The molecule has 1 saturated carbocycles. The van der Waals surface area contributed by atoms with Crippen LogP contribution >= 0.6 is 11.3 Å². The van der Waals surface area contributed by atoms with Crippen molar-refractivity contribution < 1.29 is 14.4 Å². The summed E-state index contributed by atoms with van der Waals surface area (Å²) in [6, 6.07) is 5.57. The number of nitrogens with one attached hydrogen (secondary N) is 3. The molecule has 2 aliphatic heterocycles. The van der Waals surface area contributed by atoms with Crippen LogP contribution in [0.4, 0.5) is 10.6 Å². The summed E-state index contributed by atoms with van der Waals surface area (Å²) in [6.45, 7) is 6.40. The smallest absolute Gasteiger partial charge is 0.326 e. The second-order valence-electron chi connectivity index (χ2n) is 9.14. The van der Waals surface area contributed by atoms with Crippen molar-refractivity contribution in [3.8, 4) is 10.6 Å². The molecule has 0 unspecified atom stereocenters. The molecule has 0 atom stereocenters. The Labute approximate surface area is 211 Å². The molecule has 0 bridgehead atoms. The number of hydrogen-bond acceptors (Lipinski definition) is 8. The third-order valence-electron chi connectivity index (χ3n) is 6.62. The second-order valence-corrected chi connectivity index (χ2v) is 10.2. The summed E-state index contributed by atoms with van der Waals surface area (Å²) >= 11 is 1.43. The van der Waals surface area contributed by atoms with Crippen molar-refractivity contribution in [2.75, 3.05) is 38.0 Å². The van der Waals surface area contributed by atoms with E-state index >= 15 is 0 Å². The molecular weight excluding hydrogens is 480 g/mol. The maximum absolute atomic E-state index is 13.1. The Morgan fingerprint density at radius 2 is 2.00 bits per heavy atom. The average molecular weight is 507 g/mol. The molecule has 3 aliphatic rings. The number of hydrogen-bond donors (Lipinski definition) is 3. The van der Waals surface area contributed by atoms with E-state index in [0.717, 1.165) is 56.3 Å². The number of likely N-dealkylation sites (N-methyl/N-ethyl adjacent to an activating group) is 1. The minimum absolute atomic E-state index is 0.0529. The molecule has 3 N–H and O–H groups in total. The maximum Gasteiger partial charge on any atom is 0.326 e. The Morgan fingerprint density at radius 1 is 1.19 bits per heavy atom. The number of fused-ring (bicyclic) bond motifs is 1. The number of aromatic nitrogens is 3. The maximum atomic E-state index is 13.1. The van der Waals surface area contributed by atoms with Gasteiger partial charge in [-0.15, -0.1) is 11.3 Å². The van der Waals surface area contributed by atoms with E-state index in [0.29, 0.717) is 27.8 Å². The molecule has 36 heavy (non-hydrogen) atoms. The molecule has 0 radical (unpaired) electrons. The zero-order valence-electron chi connectivity index (χ0n) is 19.8. The van der Waals surface area contributed by atoms with E-state index < -0.39 is 11.9 Å². The number of nitrogens with zero attached hydrogens (tertiary/aromatic N) is 5. The van der Waals surface area contributed by atoms with Crippen LogP contribution in [0.5, 0.6) is 0 Å². The minimum Gasteiger partial charge on any atom is -0.367 e. The summed E-state index contributed by atoms with van der Waals surface area (Å²) in [5.74, 6) is 0.351. The van der Waals surface area contributed by atoms with Crippen molar-refractivity contribution in [3.63, 3.8) is 0 Å². The topological polar surface area (TPSA) is 124 Å². The van der Waals surface area contributed by atoms with Gasteiger partial charge in [0.05, 0.1) is 21.6 Å². The molecular formula is C24H26N8O3S. The van der Waals surface area contributed by atoms with Gasteiger partial charge in [-0.05, 0) is 37.6 Å². The molecule has 11 nitrogen and oxygen atoms in total. The third-order valence-corrected chi connectivity index (χ3v) is 7.72. The zero-order valence-corrected chi connectivity index (χ0v) is 20.6. The summed E-state index contributed by atoms with van der Waals surface area (Å²) < 4.78 is 1.70. The molecule has 3 aromatic heterocycles. The predicted octanol–water partition coefficient (Wildman–Crippen LogP) is 1.99. The van der Waals surface area contributed by atoms with Crippen LogP contribution in [0.15, 0.2) is 30.1 Å². The first kappa shape index (κ1) is 22.7. The Bertz CT molecular complexity index is 1400. The molecule has 3 aromatic rings. The second kappa shape index (κ2) is 9.03. The van der Waals surface area contributed by atoms with E-state index in [1.165, 1.54) is 11.3 Å². The lowest BCUT2D eigenvalue weighted by Gasteiger charge is -2.33. The highest BCUT2D eigenvalue weighted by molar-refractivity contribution is 7.17. The van der Waals surface area contributed by atoms with Gasteiger partial charge in [0.15, 0.2) is 5.65 Å². The Balaban J connectivity index is 1.33. The van der Waals surface area contributed by atoms with Gasteiger partial charge in [-0.3, -0.25) is 14.9 Å². The lowest BCUT2D eigenvalue weighted by Crippen LogP contribution is -2.48. The van der Waals surface area contributed by atoms with Crippen LogP contribution < -0.4 is 16.0 Å². The molecule has 6 rings (SSSR count). The van der Waals surface area contributed by atoms with Crippen LogP contribution in [0.1, 0.15) is 35.0 Å². The first-order valence-electron chi connectivity index (χ1n) is 12.1. The number of urea groups is 1. The molecule has 0 aromatic carbocycles. The number of rotatable bonds is 6. The predicted molar refractivity (Wildman–Crippen MR) is 136 cm³/mol. The molecule has 3 fully saturated rings. The van der Waals surface area contributed by atoms with Gasteiger partial charge < -0.3 is 20.4 Å². The van der Waals surface area contributed by atoms with Gasteiger partial charge in [-0.2, -0.15) is 9.61 Å². The molecule has 2 saturated heterocycles. The Hall–Kier alpha value is -3.77. The number of anilines is 1. The lowest BCUT2D eigenvalue weighted by molar-refractivity contribution is -0.115. The molecule has 0 spiro atoms. The summed E-state index contributed by atoms with van der Waals surface area (Å²) in [5, 5.41) is 12.7. The quantitative estimate of drug-likeness (QED) is 0.345. The Morgan fingerprint density at radius 3 is 2.69 bits per heavy atom. The fourth-order valence-electron chi connectivity index (χ4n) is 4.40. The number of thiophene rings is 1. The third kappa shape index (κ3) is 4.33. The van der Waals surface area contributed by atoms with E-state index in [-0.39, 0.29) is 11.6 Å². The standard InChI is InChI=1S/C24H26N8O3S/c1-2-30-7-9-31(10-8-30)23(34)19-6-5-18(36-19)16-12-20(26-15-3-4-15)32-21(27-16)14(13-25-32)11-17-22(33)29-24(35)28-17/h5-6,11-13,15,26H,2-4,7-10H2,1H3,(H2,28,29,33,35)/b17-11-. The van der Waals surface area contributed by atoms with E-state index in [2.05, 4.69) is 32.9 Å². The summed E-state index contributed by atoms with van der Waals surface area (Å²) in [5.41, 5.74) is 2.01. The highest BCUT2D eigenvalue weighted by Crippen LogP contribution is 2.33. The van der Waals surface area contributed by atoms with Crippen LogP contribution in [0.25, 0.3) is 22.3 Å². The normalized spacial score (nSPS) is 19.7. The lowest BCUT2D eigenvalue weighted by atomic mass is 10.2. The SMILES string of the molecule is CCN1CCN(C(=O)c2ccc(-c3cc(NC4CC4)n4ncc(/C=C5\NC(=O)NC5=O)c4n3)s2)CC1. The summed E-state index contributed by atoms with van der Waals surface area (Å²) in [6.07, 6.45) is 5.37. The van der Waals surface area contributed by atoms with Gasteiger partial charge in [-0.25, -0.2) is 9.78 Å². The highest BCUT2D eigenvalue weighted by atomic mass is 32.1. The number of imide groups is 1. The molecule has 5 heterocycles. The summed E-state index contributed by atoms with van der Waals surface area (Å²) in [4.78, 5) is 47.3. The first-order chi connectivity index (χ1) is 17.5. The fraction of sp³-hybridized carbons (Fsp3) is 0.375. The fourth-order valence-corrected chi connectivity index (χ4v) is 5.33. The van der Waals surface area contributed by atoms with Gasteiger partial charge in [-0.1, -0.05) is 6.92 Å². The van der Waals surface area contributed by atoms with Crippen molar-refractivity contribution >= 4 is 46.7 Å². The van der Waals surface area contributed by atoms with Crippen molar-refractivity contribution in [3.05, 3.63) is 40.5 Å². The van der Waals surface area contributed by atoms with Crippen molar-refractivity contribution in [2.24, 2.45) is 0 Å². The number of carbonyl (C=O) groups is 3. The summed E-state index contributed by atoms with van der Waals surface area (Å²) in [7, 11) is 0. The first-order valence-corrected chi connectivity index (χ1v) is 12.9.